The van der Waals surface area contributed by atoms with Crippen LogP contribution in [-0.4, -0.2) is 26.1 Å². The first-order valence-electron chi connectivity index (χ1n) is 5.58. The van der Waals surface area contributed by atoms with Crippen LogP contribution < -0.4 is 0 Å². The highest BCUT2D eigenvalue weighted by Gasteiger charge is 2.16. The monoisotopic (exact) mass is 233 g/mol. The number of aromatic nitrogens is 3. The average molecular weight is 233 g/mol. The van der Waals surface area contributed by atoms with E-state index in [2.05, 4.69) is 10.3 Å². The van der Waals surface area contributed by atoms with Crippen LogP contribution in [0.5, 0.6) is 0 Å². The van der Waals surface area contributed by atoms with Gasteiger partial charge in [-0.05, 0) is 38.5 Å². The Labute approximate surface area is 99.1 Å². The highest BCUT2D eigenvalue weighted by molar-refractivity contribution is 5.80. The summed E-state index contributed by atoms with van der Waals surface area (Å²) in [6.45, 7) is 5.70. The van der Waals surface area contributed by atoms with Gasteiger partial charge in [0.25, 0.3) is 0 Å². The third-order valence-corrected chi connectivity index (χ3v) is 2.85. The molecule has 0 amide bonds. The second-order valence-corrected chi connectivity index (χ2v) is 4.44. The summed E-state index contributed by atoms with van der Waals surface area (Å²) in [5.41, 5.74) is 2.44. The summed E-state index contributed by atoms with van der Waals surface area (Å²) in [7, 11) is 0. The van der Waals surface area contributed by atoms with E-state index in [-0.39, 0.29) is 6.04 Å². The Hall–Kier alpha value is -1.91. The Morgan fingerprint density at radius 2 is 2.06 bits per heavy atom. The fourth-order valence-corrected chi connectivity index (χ4v) is 1.75. The molecule has 1 atom stereocenters. The number of carbonyl (C=O) groups is 1. The second-order valence-electron chi connectivity index (χ2n) is 4.44. The summed E-state index contributed by atoms with van der Waals surface area (Å²) in [4.78, 5) is 11.0. The highest BCUT2D eigenvalue weighted by Crippen LogP contribution is 2.22. The maximum absolute atomic E-state index is 11.0. The first-order chi connectivity index (χ1) is 8.00. The molecule has 0 aliphatic heterocycles. The van der Waals surface area contributed by atoms with Crippen molar-refractivity contribution in [2.24, 2.45) is 0 Å². The van der Waals surface area contributed by atoms with E-state index in [0.29, 0.717) is 0 Å². The molecule has 2 rings (SSSR count). The van der Waals surface area contributed by atoms with Crippen LogP contribution >= 0.6 is 0 Å². The van der Waals surface area contributed by atoms with Crippen molar-refractivity contribution in [3.05, 3.63) is 23.8 Å². The van der Waals surface area contributed by atoms with E-state index in [1.807, 2.05) is 26.0 Å². The van der Waals surface area contributed by atoms with Crippen molar-refractivity contribution in [2.45, 2.75) is 32.7 Å². The Kier molecular flexibility index (Phi) is 2.83. The van der Waals surface area contributed by atoms with Crippen LogP contribution in [0.3, 0.4) is 0 Å². The average Bonchev–Trinajstić information content (AvgIpc) is 2.70. The predicted octanol–water partition coefficient (Wildman–Crippen LogP) is 2.20. The third-order valence-electron chi connectivity index (χ3n) is 2.85. The maximum atomic E-state index is 11.0. The molecule has 1 N–H and O–H groups in total. The summed E-state index contributed by atoms with van der Waals surface area (Å²) in [5, 5.41) is 17.1. The summed E-state index contributed by atoms with van der Waals surface area (Å²) in [6.07, 6.45) is 0. The molecule has 1 aromatic carbocycles. The first kappa shape index (κ1) is 11.6. The van der Waals surface area contributed by atoms with Gasteiger partial charge in [0.2, 0.25) is 0 Å². The van der Waals surface area contributed by atoms with Crippen LogP contribution in [0.4, 0.5) is 0 Å². The topological polar surface area (TPSA) is 68.0 Å². The lowest BCUT2D eigenvalue weighted by molar-refractivity contribution is -0.138. The maximum Gasteiger partial charge on any atom is 0.310 e. The molecule has 5 nitrogen and oxygen atoms in total. The van der Waals surface area contributed by atoms with E-state index in [1.165, 1.54) is 0 Å². The smallest absolute Gasteiger partial charge is 0.310 e. The largest absolute Gasteiger partial charge is 0.481 e. The van der Waals surface area contributed by atoms with E-state index in [1.54, 1.807) is 17.7 Å². The Bertz CT molecular complexity index is 560. The molecule has 0 fully saturated rings. The van der Waals surface area contributed by atoms with Gasteiger partial charge in [0.15, 0.2) is 0 Å². The van der Waals surface area contributed by atoms with Gasteiger partial charge in [0.05, 0.1) is 11.4 Å². The standard InChI is InChI=1S/C12H15N3O2/c1-7(2)15-11-6-9(8(3)12(16)17)4-5-10(11)13-14-15/h4-8H,1-3H3,(H,16,17). The summed E-state index contributed by atoms with van der Waals surface area (Å²) in [5.74, 6) is -1.34. The van der Waals surface area contributed by atoms with Crippen LogP contribution in [0.25, 0.3) is 11.0 Å². The van der Waals surface area contributed by atoms with Gasteiger partial charge in [-0.15, -0.1) is 5.10 Å². The predicted molar refractivity (Wildman–Crippen MR) is 64.0 cm³/mol. The lowest BCUT2D eigenvalue weighted by Gasteiger charge is -2.09. The molecule has 1 unspecified atom stereocenters. The van der Waals surface area contributed by atoms with Crippen LogP contribution in [0, 0.1) is 0 Å². The molecule has 0 spiro atoms. The number of nitrogens with zero attached hydrogens (tertiary/aromatic N) is 3. The van der Waals surface area contributed by atoms with Crippen molar-refractivity contribution < 1.29 is 9.90 Å². The van der Waals surface area contributed by atoms with Gasteiger partial charge in [-0.3, -0.25) is 4.79 Å². The van der Waals surface area contributed by atoms with Crippen molar-refractivity contribution in [3.8, 4) is 0 Å². The van der Waals surface area contributed by atoms with Crippen molar-refractivity contribution in [1.82, 2.24) is 15.0 Å². The number of carboxylic acids is 1. The quantitative estimate of drug-likeness (QED) is 0.882. The van der Waals surface area contributed by atoms with E-state index >= 15 is 0 Å². The van der Waals surface area contributed by atoms with Gasteiger partial charge in [-0.2, -0.15) is 0 Å². The second kappa shape index (κ2) is 4.16. The minimum atomic E-state index is -0.826. The van der Waals surface area contributed by atoms with Gasteiger partial charge >= 0.3 is 5.97 Å². The van der Waals surface area contributed by atoms with Crippen molar-refractivity contribution >= 4 is 17.0 Å². The SMILES string of the molecule is CC(C(=O)O)c1ccc2nnn(C(C)C)c2c1. The van der Waals surface area contributed by atoms with E-state index in [4.69, 9.17) is 5.11 Å². The van der Waals surface area contributed by atoms with Crippen LogP contribution in [0.15, 0.2) is 18.2 Å². The molecular weight excluding hydrogens is 218 g/mol. The Morgan fingerprint density at radius 3 is 2.65 bits per heavy atom. The molecule has 17 heavy (non-hydrogen) atoms. The molecule has 0 aliphatic carbocycles. The zero-order valence-corrected chi connectivity index (χ0v) is 10.1. The molecule has 0 saturated heterocycles. The van der Waals surface area contributed by atoms with Crippen molar-refractivity contribution in [1.29, 1.82) is 0 Å². The molecule has 1 heterocycles. The van der Waals surface area contributed by atoms with Crippen LogP contribution in [0.1, 0.15) is 38.3 Å². The molecule has 5 heteroatoms. The molecule has 0 radical (unpaired) electrons. The summed E-state index contributed by atoms with van der Waals surface area (Å²) in [6, 6.07) is 5.67. The molecule has 0 saturated carbocycles. The number of aliphatic carboxylic acids is 1. The fraction of sp³-hybridized carbons (Fsp3) is 0.417. The van der Waals surface area contributed by atoms with Crippen LogP contribution in [-0.2, 0) is 4.79 Å². The number of fused-ring (bicyclic) bond motifs is 1. The number of hydrogen-bond acceptors (Lipinski definition) is 3. The molecule has 0 aliphatic rings. The number of benzene rings is 1. The molecular formula is C12H15N3O2. The van der Waals surface area contributed by atoms with E-state index in [9.17, 15) is 4.79 Å². The van der Waals surface area contributed by atoms with Gasteiger partial charge in [-0.1, -0.05) is 11.3 Å². The van der Waals surface area contributed by atoms with E-state index in [0.717, 1.165) is 16.6 Å². The molecule has 90 valence electrons. The molecule has 1 aromatic heterocycles. The minimum absolute atomic E-state index is 0.204. The number of hydrogen-bond donors (Lipinski definition) is 1. The van der Waals surface area contributed by atoms with Crippen molar-refractivity contribution in [2.75, 3.05) is 0 Å². The number of carboxylic acid groups (broad SMARTS) is 1. The molecule has 2 aromatic rings. The van der Waals surface area contributed by atoms with Gasteiger partial charge in [-0.25, -0.2) is 4.68 Å². The lowest BCUT2D eigenvalue weighted by atomic mass is 10.0. The van der Waals surface area contributed by atoms with Crippen molar-refractivity contribution in [3.63, 3.8) is 0 Å². The molecule has 0 bridgehead atoms. The minimum Gasteiger partial charge on any atom is -0.481 e. The first-order valence-corrected chi connectivity index (χ1v) is 5.58. The third kappa shape index (κ3) is 2.00. The Balaban J connectivity index is 2.55. The zero-order chi connectivity index (χ0) is 12.6. The van der Waals surface area contributed by atoms with E-state index < -0.39 is 11.9 Å². The summed E-state index contributed by atoms with van der Waals surface area (Å²) >= 11 is 0. The Morgan fingerprint density at radius 1 is 1.35 bits per heavy atom. The normalized spacial score (nSPS) is 13.2. The highest BCUT2D eigenvalue weighted by atomic mass is 16.4. The number of rotatable bonds is 3. The summed E-state index contributed by atoms with van der Waals surface area (Å²) < 4.78 is 1.80. The van der Waals surface area contributed by atoms with Crippen LogP contribution in [0.2, 0.25) is 0 Å². The lowest BCUT2D eigenvalue weighted by Crippen LogP contribution is -2.08. The van der Waals surface area contributed by atoms with Gasteiger partial charge < -0.3 is 5.11 Å². The fourth-order valence-electron chi connectivity index (χ4n) is 1.75. The van der Waals surface area contributed by atoms with Gasteiger partial charge in [0.1, 0.15) is 5.52 Å². The van der Waals surface area contributed by atoms with Gasteiger partial charge in [0, 0.05) is 6.04 Å². The zero-order valence-electron chi connectivity index (χ0n) is 10.1.